The maximum absolute atomic E-state index is 11.8. The van der Waals surface area contributed by atoms with E-state index in [0.29, 0.717) is 10.8 Å². The monoisotopic (exact) mass is 214 g/mol. The highest BCUT2D eigenvalue weighted by Crippen LogP contribution is 2.14. The van der Waals surface area contributed by atoms with Crippen LogP contribution in [-0.4, -0.2) is 23.4 Å². The van der Waals surface area contributed by atoms with Crippen LogP contribution in [-0.2, 0) is 0 Å². The maximum atomic E-state index is 11.8. The molecule has 0 radical (unpaired) electrons. The molecule has 0 bridgehead atoms. The van der Waals surface area contributed by atoms with Crippen molar-refractivity contribution >= 4 is 23.0 Å². The Balaban J connectivity index is 2.47. The summed E-state index contributed by atoms with van der Waals surface area (Å²) in [5, 5.41) is 15.0. The minimum absolute atomic E-state index is 0.156. The predicted molar refractivity (Wildman–Crippen MR) is 58.3 cm³/mol. The molecule has 0 aromatic heterocycles. The van der Waals surface area contributed by atoms with E-state index in [1.165, 1.54) is 6.07 Å². The van der Waals surface area contributed by atoms with Gasteiger partial charge in [-0.25, -0.2) is 4.39 Å². The van der Waals surface area contributed by atoms with Crippen molar-refractivity contribution in [2.45, 2.75) is 0 Å². The van der Waals surface area contributed by atoms with Gasteiger partial charge in [0.2, 0.25) is 0 Å². The number of hydrogen-bond acceptors (Lipinski definition) is 2. The number of aromatic hydroxyl groups is 1. The van der Waals surface area contributed by atoms with Crippen molar-refractivity contribution in [3.05, 3.63) is 24.3 Å². The summed E-state index contributed by atoms with van der Waals surface area (Å²) >= 11 is 4.87. The van der Waals surface area contributed by atoms with Crippen molar-refractivity contribution in [3.63, 3.8) is 0 Å². The first-order chi connectivity index (χ1) is 6.72. The van der Waals surface area contributed by atoms with Crippen molar-refractivity contribution < 1.29 is 9.50 Å². The van der Waals surface area contributed by atoms with Crippen LogP contribution in [0.5, 0.6) is 5.75 Å². The molecule has 0 aliphatic heterocycles. The van der Waals surface area contributed by atoms with Crippen LogP contribution in [0.15, 0.2) is 24.3 Å². The molecule has 0 saturated carbocycles. The van der Waals surface area contributed by atoms with E-state index >= 15 is 0 Å². The first kappa shape index (κ1) is 10.7. The first-order valence-corrected chi connectivity index (χ1v) is 4.53. The quantitative estimate of drug-likeness (QED) is 0.669. The van der Waals surface area contributed by atoms with Crippen LogP contribution in [0.3, 0.4) is 0 Å². The number of phenolic OH excluding ortho intramolecular Hbond substituents is 1. The summed E-state index contributed by atoms with van der Waals surface area (Å²) in [5.74, 6) is 0.156. The second-order valence-electron chi connectivity index (χ2n) is 2.62. The van der Waals surface area contributed by atoms with E-state index in [2.05, 4.69) is 10.6 Å². The molecule has 5 heteroatoms. The lowest BCUT2D eigenvalue weighted by atomic mass is 10.3. The Hall–Kier alpha value is -1.36. The lowest BCUT2D eigenvalue weighted by Crippen LogP contribution is -2.29. The molecule has 0 spiro atoms. The van der Waals surface area contributed by atoms with Gasteiger partial charge in [0.1, 0.15) is 12.4 Å². The van der Waals surface area contributed by atoms with Crippen molar-refractivity contribution in [3.8, 4) is 5.75 Å². The van der Waals surface area contributed by atoms with Crippen LogP contribution >= 0.6 is 12.2 Å². The van der Waals surface area contributed by atoms with Gasteiger partial charge in [0.15, 0.2) is 5.11 Å². The number of nitrogens with one attached hydrogen (secondary N) is 2. The normalized spacial score (nSPS) is 9.50. The van der Waals surface area contributed by atoms with Crippen molar-refractivity contribution in [2.75, 3.05) is 18.5 Å². The molecule has 1 rings (SSSR count). The van der Waals surface area contributed by atoms with E-state index in [1.54, 1.807) is 18.2 Å². The molecular weight excluding hydrogens is 203 g/mol. The highest BCUT2D eigenvalue weighted by molar-refractivity contribution is 7.80. The molecule has 14 heavy (non-hydrogen) atoms. The summed E-state index contributed by atoms with van der Waals surface area (Å²) in [6, 6.07) is 6.53. The van der Waals surface area contributed by atoms with Crippen molar-refractivity contribution in [2.24, 2.45) is 0 Å². The fourth-order valence-electron chi connectivity index (χ4n) is 0.920. The SMILES string of the molecule is Oc1cccc(NC(=S)NCCF)c1. The zero-order chi connectivity index (χ0) is 10.4. The molecule has 1 aromatic rings. The van der Waals surface area contributed by atoms with Crippen LogP contribution in [0.1, 0.15) is 0 Å². The van der Waals surface area contributed by atoms with E-state index in [4.69, 9.17) is 17.3 Å². The molecule has 0 heterocycles. The number of phenols is 1. The number of halogens is 1. The van der Waals surface area contributed by atoms with Gasteiger partial charge in [0.25, 0.3) is 0 Å². The third-order valence-corrected chi connectivity index (χ3v) is 1.73. The first-order valence-electron chi connectivity index (χ1n) is 4.12. The standard InChI is InChI=1S/C9H11FN2OS/c10-4-5-11-9(14)12-7-2-1-3-8(13)6-7/h1-3,6,13H,4-5H2,(H2,11,12,14). The number of rotatable bonds is 3. The Morgan fingerprint density at radius 2 is 2.29 bits per heavy atom. The van der Waals surface area contributed by atoms with Gasteiger partial charge in [-0.1, -0.05) is 6.07 Å². The van der Waals surface area contributed by atoms with Gasteiger partial charge < -0.3 is 15.7 Å². The Bertz CT molecular complexity index is 319. The van der Waals surface area contributed by atoms with Crippen LogP contribution < -0.4 is 10.6 Å². The fourth-order valence-corrected chi connectivity index (χ4v) is 1.14. The van der Waals surface area contributed by atoms with Crippen molar-refractivity contribution in [1.82, 2.24) is 5.32 Å². The molecular formula is C9H11FN2OS. The molecule has 3 N–H and O–H groups in total. The fraction of sp³-hybridized carbons (Fsp3) is 0.222. The summed E-state index contributed by atoms with van der Waals surface area (Å²) in [7, 11) is 0. The molecule has 0 aliphatic rings. The molecule has 0 atom stereocenters. The second kappa shape index (κ2) is 5.39. The maximum Gasteiger partial charge on any atom is 0.170 e. The lowest BCUT2D eigenvalue weighted by Gasteiger charge is -2.08. The third-order valence-electron chi connectivity index (χ3n) is 1.48. The van der Waals surface area contributed by atoms with Gasteiger partial charge in [-0.3, -0.25) is 0 Å². The summed E-state index contributed by atoms with van der Waals surface area (Å²) < 4.78 is 11.8. The molecule has 1 aromatic carbocycles. The average molecular weight is 214 g/mol. The zero-order valence-electron chi connectivity index (χ0n) is 7.46. The molecule has 3 nitrogen and oxygen atoms in total. The zero-order valence-corrected chi connectivity index (χ0v) is 8.27. The second-order valence-corrected chi connectivity index (χ2v) is 3.03. The van der Waals surface area contributed by atoms with Gasteiger partial charge >= 0.3 is 0 Å². The highest BCUT2D eigenvalue weighted by Gasteiger charge is 1.97. The van der Waals surface area contributed by atoms with E-state index in [9.17, 15) is 4.39 Å². The number of benzene rings is 1. The van der Waals surface area contributed by atoms with Gasteiger partial charge in [0.05, 0.1) is 0 Å². The molecule has 76 valence electrons. The largest absolute Gasteiger partial charge is 0.508 e. The molecule has 0 aliphatic carbocycles. The summed E-state index contributed by atoms with van der Waals surface area (Å²) in [5.41, 5.74) is 0.668. The summed E-state index contributed by atoms with van der Waals surface area (Å²) in [4.78, 5) is 0. The summed E-state index contributed by atoms with van der Waals surface area (Å²) in [6.07, 6.45) is 0. The topological polar surface area (TPSA) is 44.3 Å². The average Bonchev–Trinajstić information content (AvgIpc) is 2.15. The Morgan fingerprint density at radius 3 is 2.93 bits per heavy atom. The van der Waals surface area contributed by atoms with Crippen LogP contribution in [0.4, 0.5) is 10.1 Å². The Morgan fingerprint density at radius 1 is 1.50 bits per heavy atom. The van der Waals surface area contributed by atoms with Gasteiger partial charge in [-0.15, -0.1) is 0 Å². The molecule has 0 amide bonds. The summed E-state index contributed by atoms with van der Waals surface area (Å²) in [6.45, 7) is -0.285. The minimum Gasteiger partial charge on any atom is -0.508 e. The predicted octanol–water partition coefficient (Wildman–Crippen LogP) is 1.65. The van der Waals surface area contributed by atoms with Crippen LogP contribution in [0, 0.1) is 0 Å². The highest BCUT2D eigenvalue weighted by atomic mass is 32.1. The van der Waals surface area contributed by atoms with E-state index in [-0.39, 0.29) is 12.3 Å². The number of alkyl halides is 1. The van der Waals surface area contributed by atoms with Gasteiger partial charge in [0, 0.05) is 18.3 Å². The Labute approximate surface area is 86.9 Å². The smallest absolute Gasteiger partial charge is 0.170 e. The minimum atomic E-state index is -0.470. The number of thiocarbonyl (C=S) groups is 1. The van der Waals surface area contributed by atoms with E-state index in [0.717, 1.165) is 0 Å². The number of hydrogen-bond donors (Lipinski definition) is 3. The van der Waals surface area contributed by atoms with Gasteiger partial charge in [-0.05, 0) is 24.4 Å². The van der Waals surface area contributed by atoms with E-state index < -0.39 is 6.67 Å². The lowest BCUT2D eigenvalue weighted by molar-refractivity contribution is 0.475. The third kappa shape index (κ3) is 3.57. The van der Waals surface area contributed by atoms with Gasteiger partial charge in [-0.2, -0.15) is 0 Å². The van der Waals surface area contributed by atoms with Crippen molar-refractivity contribution in [1.29, 1.82) is 0 Å². The molecule has 0 unspecified atom stereocenters. The van der Waals surface area contributed by atoms with E-state index in [1.807, 2.05) is 0 Å². The number of anilines is 1. The van der Waals surface area contributed by atoms with Crippen LogP contribution in [0.2, 0.25) is 0 Å². The molecule has 0 saturated heterocycles. The Kier molecular flexibility index (Phi) is 4.12. The van der Waals surface area contributed by atoms with Crippen LogP contribution in [0.25, 0.3) is 0 Å². The molecule has 0 fully saturated rings.